The van der Waals surface area contributed by atoms with E-state index >= 15 is 0 Å². The first-order valence-electron chi connectivity index (χ1n) is 3.18. The maximum atomic E-state index is 2.19. The van der Waals surface area contributed by atoms with Crippen molar-refractivity contribution in [3.05, 3.63) is 38.6 Å². The van der Waals surface area contributed by atoms with Gasteiger partial charge in [0.15, 0.2) is 0 Å². The molecular formula is C8H6S3. The Morgan fingerprint density at radius 3 is 2.82 bits per heavy atom. The molecule has 1 aromatic heterocycles. The van der Waals surface area contributed by atoms with Gasteiger partial charge in [-0.05, 0) is 27.7 Å². The molecule has 0 saturated heterocycles. The number of thiophene rings is 1. The topological polar surface area (TPSA) is 0 Å². The molecule has 11 heavy (non-hydrogen) atoms. The molecule has 3 heteroatoms. The molecule has 2 rings (SSSR count). The normalized spacial score (nSPS) is 16.5. The lowest BCUT2D eigenvalue weighted by atomic mass is 10.5. The van der Waals surface area contributed by atoms with Gasteiger partial charge in [0.1, 0.15) is 0 Å². The standard InChI is InChI=1S/C8H6S3/c1-2-7(10-3-1)8-6-9-4-5-11-8/h1-6H. The number of hydrogen-bond acceptors (Lipinski definition) is 3. The summed E-state index contributed by atoms with van der Waals surface area (Å²) in [7, 11) is 0. The highest BCUT2D eigenvalue weighted by molar-refractivity contribution is 8.15. The lowest BCUT2D eigenvalue weighted by Crippen LogP contribution is -1.71. The van der Waals surface area contributed by atoms with E-state index < -0.39 is 0 Å². The molecule has 0 fully saturated rings. The van der Waals surface area contributed by atoms with E-state index in [0.29, 0.717) is 0 Å². The van der Waals surface area contributed by atoms with Crippen LogP contribution >= 0.6 is 34.9 Å². The SMILES string of the molecule is C1=CSC(c2cccs2)=CS1. The molecule has 0 aliphatic carbocycles. The first-order valence-corrected chi connectivity index (χ1v) is 5.88. The van der Waals surface area contributed by atoms with E-state index in [4.69, 9.17) is 0 Å². The molecule has 0 radical (unpaired) electrons. The van der Waals surface area contributed by atoms with E-state index in [1.807, 2.05) is 0 Å². The molecule has 2 heterocycles. The molecular weight excluding hydrogens is 192 g/mol. The number of hydrogen-bond donors (Lipinski definition) is 0. The zero-order valence-corrected chi connectivity index (χ0v) is 8.14. The summed E-state index contributed by atoms with van der Waals surface area (Å²) in [6.07, 6.45) is 0. The molecule has 1 aliphatic rings. The summed E-state index contributed by atoms with van der Waals surface area (Å²) >= 11 is 5.33. The average Bonchev–Trinajstić information content (AvgIpc) is 2.58. The zero-order chi connectivity index (χ0) is 7.52. The quantitative estimate of drug-likeness (QED) is 0.669. The van der Waals surface area contributed by atoms with Gasteiger partial charge in [-0.2, -0.15) is 0 Å². The minimum absolute atomic E-state index is 1.37. The Morgan fingerprint density at radius 1 is 1.18 bits per heavy atom. The fourth-order valence-electron chi connectivity index (χ4n) is 0.797. The van der Waals surface area contributed by atoms with Crippen LogP contribution in [0.1, 0.15) is 4.88 Å². The predicted octanol–water partition coefficient (Wildman–Crippen LogP) is 4.00. The second kappa shape index (κ2) is 3.52. The first-order chi connectivity index (χ1) is 5.47. The summed E-state index contributed by atoms with van der Waals surface area (Å²) in [5.41, 5.74) is 0. The Kier molecular flexibility index (Phi) is 2.41. The van der Waals surface area contributed by atoms with E-state index in [0.717, 1.165) is 0 Å². The van der Waals surface area contributed by atoms with Crippen LogP contribution in [0.25, 0.3) is 4.91 Å². The second-order valence-corrected chi connectivity index (χ2v) is 4.66. The summed E-state index contributed by atoms with van der Waals surface area (Å²) in [6.45, 7) is 0. The van der Waals surface area contributed by atoms with Crippen LogP contribution in [-0.4, -0.2) is 0 Å². The zero-order valence-electron chi connectivity index (χ0n) is 5.69. The molecule has 0 amide bonds. The van der Waals surface area contributed by atoms with Gasteiger partial charge in [0.25, 0.3) is 0 Å². The molecule has 56 valence electrons. The van der Waals surface area contributed by atoms with Crippen molar-refractivity contribution < 1.29 is 0 Å². The lowest BCUT2D eigenvalue weighted by Gasteiger charge is -2.02. The van der Waals surface area contributed by atoms with Gasteiger partial charge in [-0.15, -0.1) is 23.1 Å². The number of rotatable bonds is 1. The smallest absolute Gasteiger partial charge is 0.0414 e. The van der Waals surface area contributed by atoms with Crippen molar-refractivity contribution in [1.82, 2.24) is 0 Å². The van der Waals surface area contributed by atoms with Crippen LogP contribution in [0.4, 0.5) is 0 Å². The van der Waals surface area contributed by atoms with E-state index in [2.05, 4.69) is 33.7 Å². The van der Waals surface area contributed by atoms with Gasteiger partial charge in [0.2, 0.25) is 0 Å². The molecule has 1 aromatic rings. The third kappa shape index (κ3) is 1.72. The molecule has 0 aromatic carbocycles. The molecule has 0 atom stereocenters. The summed E-state index contributed by atoms with van der Waals surface area (Å²) < 4.78 is 0. The maximum absolute atomic E-state index is 2.19. The van der Waals surface area contributed by atoms with Crippen LogP contribution in [0, 0.1) is 0 Å². The van der Waals surface area contributed by atoms with Gasteiger partial charge in [0, 0.05) is 9.78 Å². The van der Waals surface area contributed by atoms with Gasteiger partial charge in [0.05, 0.1) is 0 Å². The minimum atomic E-state index is 1.37. The summed E-state index contributed by atoms with van der Waals surface area (Å²) in [4.78, 5) is 2.74. The van der Waals surface area contributed by atoms with Crippen molar-refractivity contribution in [2.24, 2.45) is 0 Å². The Hall–Kier alpha value is -0.120. The van der Waals surface area contributed by atoms with Gasteiger partial charge in [-0.1, -0.05) is 17.8 Å². The van der Waals surface area contributed by atoms with E-state index in [9.17, 15) is 0 Å². The Labute approximate surface area is 78.4 Å². The fraction of sp³-hybridized carbons (Fsp3) is 0. The molecule has 0 unspecified atom stereocenters. The van der Waals surface area contributed by atoms with Crippen LogP contribution in [0.5, 0.6) is 0 Å². The van der Waals surface area contributed by atoms with Crippen LogP contribution < -0.4 is 0 Å². The van der Waals surface area contributed by atoms with E-state index in [1.165, 1.54) is 9.78 Å². The van der Waals surface area contributed by atoms with Crippen molar-refractivity contribution in [1.29, 1.82) is 0 Å². The maximum Gasteiger partial charge on any atom is 0.0414 e. The van der Waals surface area contributed by atoms with Crippen LogP contribution in [-0.2, 0) is 0 Å². The Balaban J connectivity index is 2.24. The summed E-state index contributed by atoms with van der Waals surface area (Å²) in [6, 6.07) is 4.24. The van der Waals surface area contributed by atoms with Gasteiger partial charge >= 0.3 is 0 Å². The van der Waals surface area contributed by atoms with Gasteiger partial charge in [-0.25, -0.2) is 0 Å². The third-order valence-electron chi connectivity index (χ3n) is 1.27. The highest BCUT2D eigenvalue weighted by Gasteiger charge is 2.03. The highest BCUT2D eigenvalue weighted by atomic mass is 32.2. The molecule has 0 nitrogen and oxygen atoms in total. The minimum Gasteiger partial charge on any atom is -0.143 e. The predicted molar refractivity (Wildman–Crippen MR) is 56.6 cm³/mol. The van der Waals surface area contributed by atoms with Crippen molar-refractivity contribution in [2.75, 3.05) is 0 Å². The lowest BCUT2D eigenvalue weighted by molar-refractivity contribution is 1.95. The van der Waals surface area contributed by atoms with Crippen molar-refractivity contribution in [3.63, 3.8) is 0 Å². The Bertz CT molecular complexity index is 282. The second-order valence-electron chi connectivity index (χ2n) is 1.99. The monoisotopic (exact) mass is 198 g/mol. The molecule has 0 spiro atoms. The van der Waals surface area contributed by atoms with Crippen LogP contribution in [0.3, 0.4) is 0 Å². The van der Waals surface area contributed by atoms with Gasteiger partial charge in [-0.3, -0.25) is 0 Å². The summed E-state index contributed by atoms with van der Waals surface area (Å²) in [5, 5.41) is 8.53. The molecule has 1 aliphatic heterocycles. The first kappa shape index (κ1) is 7.53. The van der Waals surface area contributed by atoms with Crippen molar-refractivity contribution in [3.8, 4) is 0 Å². The Morgan fingerprint density at radius 2 is 2.18 bits per heavy atom. The van der Waals surface area contributed by atoms with E-state index in [-0.39, 0.29) is 0 Å². The van der Waals surface area contributed by atoms with Crippen LogP contribution in [0.15, 0.2) is 33.7 Å². The number of thioether (sulfide) groups is 2. The largest absolute Gasteiger partial charge is 0.143 e. The van der Waals surface area contributed by atoms with Crippen molar-refractivity contribution in [2.45, 2.75) is 0 Å². The molecule has 0 saturated carbocycles. The van der Waals surface area contributed by atoms with E-state index in [1.54, 1.807) is 34.9 Å². The van der Waals surface area contributed by atoms with Crippen LogP contribution in [0.2, 0.25) is 0 Å². The van der Waals surface area contributed by atoms with Gasteiger partial charge < -0.3 is 0 Å². The average molecular weight is 198 g/mol. The third-order valence-corrected chi connectivity index (χ3v) is 4.15. The fourth-order valence-corrected chi connectivity index (χ4v) is 3.32. The highest BCUT2D eigenvalue weighted by Crippen LogP contribution is 2.37. The summed E-state index contributed by atoms with van der Waals surface area (Å²) in [5.74, 6) is 0. The molecule has 0 N–H and O–H groups in total. The van der Waals surface area contributed by atoms with Crippen molar-refractivity contribution >= 4 is 39.8 Å². The molecule has 0 bridgehead atoms.